The monoisotopic (exact) mass is 572 g/mol. The first-order chi connectivity index (χ1) is 19.9. The summed E-state index contributed by atoms with van der Waals surface area (Å²) in [5.74, 6) is 0.476. The first-order valence-corrected chi connectivity index (χ1v) is 15.4. The zero-order valence-electron chi connectivity index (χ0n) is 26.3. The highest BCUT2D eigenvalue weighted by atomic mass is 19.1. The second kappa shape index (κ2) is 12.1. The topological polar surface area (TPSA) is 51.7 Å². The lowest BCUT2D eigenvalue weighted by molar-refractivity contribution is -0.146. The predicted molar refractivity (Wildman–Crippen MR) is 167 cm³/mol. The van der Waals surface area contributed by atoms with E-state index in [-0.39, 0.29) is 30.4 Å². The summed E-state index contributed by atoms with van der Waals surface area (Å²) in [6, 6.07) is 11.8. The second-order valence-electron chi connectivity index (χ2n) is 13.3. The number of aryl methyl sites for hydroxylation is 4. The molecule has 0 bridgehead atoms. The number of rotatable bonds is 7. The van der Waals surface area contributed by atoms with Crippen LogP contribution in [0.15, 0.2) is 36.4 Å². The van der Waals surface area contributed by atoms with Crippen molar-refractivity contribution >= 4 is 11.7 Å². The summed E-state index contributed by atoms with van der Waals surface area (Å²) >= 11 is 0. The highest BCUT2D eigenvalue weighted by Gasteiger charge is 2.31. The molecule has 6 heteroatoms. The van der Waals surface area contributed by atoms with Gasteiger partial charge in [0.1, 0.15) is 17.7 Å². The molecule has 2 aliphatic rings. The first-order valence-electron chi connectivity index (χ1n) is 15.4. The molecule has 224 valence electrons. The van der Waals surface area contributed by atoms with E-state index in [1.165, 1.54) is 0 Å². The number of carbonyl (C=O) groups is 1. The molecule has 0 saturated carbocycles. The number of benzene rings is 2. The molecule has 0 spiro atoms. The smallest absolute Gasteiger partial charge is 0.310 e. The van der Waals surface area contributed by atoms with Crippen LogP contribution in [-0.2, 0) is 28.8 Å². The van der Waals surface area contributed by atoms with E-state index in [0.29, 0.717) is 17.4 Å². The maximum atomic E-state index is 14.5. The number of anilines is 1. The van der Waals surface area contributed by atoms with Crippen molar-refractivity contribution in [3.8, 4) is 16.9 Å². The van der Waals surface area contributed by atoms with Crippen LogP contribution < -0.4 is 9.64 Å². The fourth-order valence-corrected chi connectivity index (χ4v) is 6.37. The number of hydrogen-bond donors (Lipinski definition) is 0. The molecule has 5 rings (SSSR count). The van der Waals surface area contributed by atoms with Gasteiger partial charge in [-0.3, -0.25) is 9.78 Å². The van der Waals surface area contributed by atoms with Gasteiger partial charge in [0.05, 0.1) is 18.2 Å². The van der Waals surface area contributed by atoms with Crippen LogP contribution in [0, 0.1) is 32.0 Å². The lowest BCUT2D eigenvalue weighted by atomic mass is 9.82. The summed E-state index contributed by atoms with van der Waals surface area (Å²) in [4.78, 5) is 20.3. The molecule has 0 amide bonds. The Bertz CT molecular complexity index is 1470. The van der Waals surface area contributed by atoms with Gasteiger partial charge in [0.2, 0.25) is 0 Å². The summed E-state index contributed by atoms with van der Waals surface area (Å²) in [6.45, 7) is 16.3. The molecule has 5 nitrogen and oxygen atoms in total. The van der Waals surface area contributed by atoms with Crippen LogP contribution in [0.5, 0.6) is 5.75 Å². The molecule has 1 atom stereocenters. The Morgan fingerprint density at radius 3 is 2.52 bits per heavy atom. The van der Waals surface area contributed by atoms with Gasteiger partial charge in [0.15, 0.2) is 0 Å². The molecule has 0 N–H and O–H groups in total. The van der Waals surface area contributed by atoms with Gasteiger partial charge in [0, 0.05) is 42.0 Å². The average molecular weight is 573 g/mol. The normalized spacial score (nSPS) is 18.0. The Balaban J connectivity index is 1.49. The molecular weight excluding hydrogens is 527 g/mol. The van der Waals surface area contributed by atoms with Crippen molar-refractivity contribution in [2.45, 2.75) is 99.2 Å². The maximum absolute atomic E-state index is 14.5. The van der Waals surface area contributed by atoms with E-state index < -0.39 is 0 Å². The van der Waals surface area contributed by atoms with Crippen LogP contribution >= 0.6 is 0 Å². The number of pyridine rings is 1. The van der Waals surface area contributed by atoms with Gasteiger partial charge in [-0.05, 0) is 106 Å². The van der Waals surface area contributed by atoms with Crippen molar-refractivity contribution < 1.29 is 18.7 Å². The van der Waals surface area contributed by atoms with Crippen LogP contribution in [0.3, 0.4) is 0 Å². The van der Waals surface area contributed by atoms with E-state index >= 15 is 0 Å². The Labute approximate surface area is 250 Å². The van der Waals surface area contributed by atoms with Crippen LogP contribution in [0.25, 0.3) is 11.1 Å². The van der Waals surface area contributed by atoms with Crippen LogP contribution in [0.1, 0.15) is 80.6 Å². The molecule has 1 saturated heterocycles. The Hall–Kier alpha value is -3.41. The molecule has 3 heterocycles. The third kappa shape index (κ3) is 6.63. The zero-order chi connectivity index (χ0) is 30.2. The summed E-state index contributed by atoms with van der Waals surface area (Å²) < 4.78 is 26.5. The van der Waals surface area contributed by atoms with Gasteiger partial charge < -0.3 is 14.4 Å². The molecule has 2 aromatic carbocycles. The minimum atomic E-state index is -0.224. The number of nitrogens with zero attached hydrogens (tertiary/aromatic N) is 2. The minimum absolute atomic E-state index is 0.0610. The maximum Gasteiger partial charge on any atom is 0.310 e. The van der Waals surface area contributed by atoms with E-state index in [2.05, 4.69) is 43.9 Å². The molecule has 1 unspecified atom stereocenters. The third-order valence-electron chi connectivity index (χ3n) is 8.81. The largest absolute Gasteiger partial charge is 0.490 e. The molecule has 0 radical (unpaired) electrons. The van der Waals surface area contributed by atoms with Gasteiger partial charge in [0.25, 0.3) is 0 Å². The lowest BCUT2D eigenvalue weighted by Gasteiger charge is -2.40. The van der Waals surface area contributed by atoms with E-state index in [1.807, 2.05) is 39.8 Å². The molecule has 1 fully saturated rings. The summed E-state index contributed by atoms with van der Waals surface area (Å²) in [5, 5.41) is 0. The van der Waals surface area contributed by atoms with E-state index in [9.17, 15) is 9.18 Å². The number of carbonyl (C=O) groups excluding carboxylic acids is 1. The molecule has 3 aromatic rings. The van der Waals surface area contributed by atoms with Crippen LogP contribution in [0.4, 0.5) is 10.1 Å². The number of piperidine rings is 1. The number of hydrogen-bond acceptors (Lipinski definition) is 5. The molecular formula is C36H45FN2O3. The molecule has 2 aliphatic heterocycles. The average Bonchev–Trinajstić information content (AvgIpc) is 2.91. The fraction of sp³-hybridized carbons (Fsp3) is 0.500. The van der Waals surface area contributed by atoms with Gasteiger partial charge in [-0.2, -0.15) is 0 Å². The number of fused-ring (bicyclic) bond motifs is 1. The highest BCUT2D eigenvalue weighted by Crippen LogP contribution is 2.43. The van der Waals surface area contributed by atoms with Crippen LogP contribution in [-0.4, -0.2) is 36.3 Å². The van der Waals surface area contributed by atoms with Crippen molar-refractivity contribution in [3.05, 3.63) is 75.9 Å². The first kappa shape index (κ1) is 30.1. The fourth-order valence-electron chi connectivity index (χ4n) is 6.37. The van der Waals surface area contributed by atoms with Crippen molar-refractivity contribution in [3.63, 3.8) is 0 Å². The predicted octanol–water partition coefficient (Wildman–Crippen LogP) is 7.87. The van der Waals surface area contributed by atoms with Gasteiger partial charge in [-0.1, -0.05) is 32.0 Å². The van der Waals surface area contributed by atoms with Gasteiger partial charge in [-0.15, -0.1) is 0 Å². The summed E-state index contributed by atoms with van der Waals surface area (Å²) in [6.07, 6.45) is 4.39. The third-order valence-corrected chi connectivity index (χ3v) is 8.81. The SMILES string of the molecule is Cc1ccc(CC2CCc3cc(-c4c(C)nc(C)c(CC(=O)OC(C)C)c4N4CCC(C)(C)CC4)ccc3O2)c(F)c1. The molecule has 1 aromatic heterocycles. The number of esters is 1. The van der Waals surface area contributed by atoms with Crippen LogP contribution in [0.2, 0.25) is 0 Å². The van der Waals surface area contributed by atoms with Crippen molar-refractivity contribution in [1.29, 1.82) is 0 Å². The standard InChI is InChI=1S/C36H45FN2O3/c1-22(2)41-33(40)21-30-24(4)38-25(5)34(35(30)39-16-14-36(6,7)15-17-39)28-11-13-32-27(19-28)10-12-29(42-32)20-26-9-8-23(3)18-31(26)37/h8-9,11,13,18-19,22,29H,10,12,14-17,20-21H2,1-7H3. The summed E-state index contributed by atoms with van der Waals surface area (Å²) in [7, 11) is 0. The van der Waals surface area contributed by atoms with Gasteiger partial charge in [-0.25, -0.2) is 4.39 Å². The second-order valence-corrected chi connectivity index (χ2v) is 13.3. The Kier molecular flexibility index (Phi) is 8.63. The quantitative estimate of drug-likeness (QED) is 0.270. The number of ether oxygens (including phenoxy) is 2. The van der Waals surface area contributed by atoms with Crippen molar-refractivity contribution in [2.24, 2.45) is 5.41 Å². The lowest BCUT2D eigenvalue weighted by Crippen LogP contribution is -2.38. The number of halogens is 1. The van der Waals surface area contributed by atoms with Crippen molar-refractivity contribution in [1.82, 2.24) is 4.98 Å². The minimum Gasteiger partial charge on any atom is -0.490 e. The number of aromatic nitrogens is 1. The molecule has 42 heavy (non-hydrogen) atoms. The van der Waals surface area contributed by atoms with E-state index in [4.69, 9.17) is 14.5 Å². The molecule has 0 aliphatic carbocycles. The zero-order valence-corrected chi connectivity index (χ0v) is 26.3. The van der Waals surface area contributed by atoms with E-state index in [0.717, 1.165) is 89.4 Å². The van der Waals surface area contributed by atoms with E-state index in [1.54, 1.807) is 6.07 Å². The Morgan fingerprint density at radius 1 is 1.10 bits per heavy atom. The van der Waals surface area contributed by atoms with Crippen molar-refractivity contribution in [2.75, 3.05) is 18.0 Å². The van der Waals surface area contributed by atoms with Gasteiger partial charge >= 0.3 is 5.97 Å². The Morgan fingerprint density at radius 2 is 1.83 bits per heavy atom. The summed E-state index contributed by atoms with van der Waals surface area (Å²) in [5.41, 5.74) is 9.14. The highest BCUT2D eigenvalue weighted by molar-refractivity contribution is 5.87.